The first-order valence-electron chi connectivity index (χ1n) is 5.77. The normalized spacial score (nSPS) is 10.8. The second kappa shape index (κ2) is 4.20. The summed E-state index contributed by atoms with van der Waals surface area (Å²) in [7, 11) is 1.60. The highest BCUT2D eigenvalue weighted by molar-refractivity contribution is 5.83. The number of benzene rings is 2. The third kappa shape index (κ3) is 1.95. The van der Waals surface area contributed by atoms with Gasteiger partial charge in [0.25, 0.3) is 0 Å². The van der Waals surface area contributed by atoms with Gasteiger partial charge in [0.2, 0.25) is 5.89 Å². The summed E-state index contributed by atoms with van der Waals surface area (Å²) in [6.45, 7) is 0. The summed E-state index contributed by atoms with van der Waals surface area (Å²) in [4.78, 5) is 4.43. The summed E-state index contributed by atoms with van der Waals surface area (Å²) < 4.78 is 11.0. The predicted molar refractivity (Wildman–Crippen MR) is 74.8 cm³/mol. The van der Waals surface area contributed by atoms with Crippen LogP contribution in [-0.4, -0.2) is 12.1 Å². The van der Waals surface area contributed by atoms with Crippen LogP contribution in [0.25, 0.3) is 22.6 Å². The molecule has 2 aromatic carbocycles. The van der Waals surface area contributed by atoms with Crippen molar-refractivity contribution in [2.24, 2.45) is 0 Å². The molecule has 5 nitrogen and oxygen atoms in total. The van der Waals surface area contributed by atoms with Crippen molar-refractivity contribution < 1.29 is 9.15 Å². The second-order valence-corrected chi connectivity index (χ2v) is 4.21. The fraction of sp³-hybridized carbons (Fsp3) is 0.0714. The lowest BCUT2D eigenvalue weighted by atomic mass is 10.2. The van der Waals surface area contributed by atoms with Crippen molar-refractivity contribution in [3.8, 4) is 17.2 Å². The maximum Gasteiger partial charge on any atom is 0.227 e. The van der Waals surface area contributed by atoms with E-state index in [4.69, 9.17) is 20.6 Å². The van der Waals surface area contributed by atoms with Crippen LogP contribution in [0.5, 0.6) is 5.75 Å². The van der Waals surface area contributed by atoms with E-state index in [9.17, 15) is 0 Å². The average Bonchev–Trinajstić information content (AvgIpc) is 2.81. The average molecular weight is 255 g/mol. The SMILES string of the molecule is COc1cccc2oc(-c3cc(N)cc(N)c3)nc12. The van der Waals surface area contributed by atoms with E-state index in [0.717, 1.165) is 5.56 Å². The quantitative estimate of drug-likeness (QED) is 0.687. The van der Waals surface area contributed by atoms with Gasteiger partial charge >= 0.3 is 0 Å². The van der Waals surface area contributed by atoms with Gasteiger partial charge in [-0.1, -0.05) is 6.07 Å². The number of nitrogens with two attached hydrogens (primary N) is 2. The van der Waals surface area contributed by atoms with Crippen LogP contribution in [0.4, 0.5) is 11.4 Å². The monoisotopic (exact) mass is 255 g/mol. The molecule has 3 aromatic rings. The molecule has 0 fully saturated rings. The highest BCUT2D eigenvalue weighted by Crippen LogP contribution is 2.31. The van der Waals surface area contributed by atoms with Crippen molar-refractivity contribution in [2.75, 3.05) is 18.6 Å². The summed E-state index contributed by atoms with van der Waals surface area (Å²) >= 11 is 0. The number of hydrogen-bond acceptors (Lipinski definition) is 5. The lowest BCUT2D eigenvalue weighted by Crippen LogP contribution is -1.91. The number of fused-ring (bicyclic) bond motifs is 1. The van der Waals surface area contributed by atoms with Crippen molar-refractivity contribution in [1.29, 1.82) is 0 Å². The molecule has 0 saturated heterocycles. The number of rotatable bonds is 2. The first-order valence-corrected chi connectivity index (χ1v) is 5.77. The summed E-state index contributed by atoms with van der Waals surface area (Å²) in [5.41, 5.74) is 14.8. The van der Waals surface area contributed by atoms with Gasteiger partial charge in [-0.25, -0.2) is 4.98 Å². The molecule has 3 rings (SSSR count). The third-order valence-corrected chi connectivity index (χ3v) is 2.83. The number of methoxy groups -OCH3 is 1. The van der Waals surface area contributed by atoms with Crippen molar-refractivity contribution in [3.63, 3.8) is 0 Å². The molecular weight excluding hydrogens is 242 g/mol. The standard InChI is InChI=1S/C14H13N3O2/c1-18-11-3-2-4-12-13(11)17-14(19-12)8-5-9(15)7-10(16)6-8/h2-7H,15-16H2,1H3. The minimum Gasteiger partial charge on any atom is -0.494 e. The zero-order valence-corrected chi connectivity index (χ0v) is 10.4. The van der Waals surface area contributed by atoms with E-state index in [2.05, 4.69) is 4.98 Å². The Morgan fingerprint density at radius 1 is 1.11 bits per heavy atom. The lowest BCUT2D eigenvalue weighted by Gasteiger charge is -2.00. The molecule has 0 aliphatic heterocycles. The molecule has 0 unspecified atom stereocenters. The van der Waals surface area contributed by atoms with Gasteiger partial charge in [0.15, 0.2) is 11.1 Å². The van der Waals surface area contributed by atoms with Crippen molar-refractivity contribution in [1.82, 2.24) is 4.98 Å². The van der Waals surface area contributed by atoms with Gasteiger partial charge in [0.05, 0.1) is 7.11 Å². The minimum atomic E-state index is 0.471. The lowest BCUT2D eigenvalue weighted by molar-refractivity contribution is 0.419. The number of ether oxygens (including phenoxy) is 1. The van der Waals surface area contributed by atoms with Gasteiger partial charge in [-0.2, -0.15) is 0 Å². The molecule has 0 spiro atoms. The Labute approximate surface area is 109 Å². The van der Waals surface area contributed by atoms with Crippen LogP contribution in [0.2, 0.25) is 0 Å². The molecule has 1 aromatic heterocycles. The molecule has 0 atom stereocenters. The van der Waals surface area contributed by atoms with Gasteiger partial charge in [-0.3, -0.25) is 0 Å². The number of nitrogen functional groups attached to an aromatic ring is 2. The number of anilines is 2. The van der Waals surface area contributed by atoms with Gasteiger partial charge < -0.3 is 20.6 Å². The molecule has 0 bridgehead atoms. The van der Waals surface area contributed by atoms with Gasteiger partial charge in [-0.15, -0.1) is 0 Å². The van der Waals surface area contributed by atoms with Crippen molar-refractivity contribution >= 4 is 22.5 Å². The van der Waals surface area contributed by atoms with Crippen LogP contribution in [-0.2, 0) is 0 Å². The summed E-state index contributed by atoms with van der Waals surface area (Å²) in [6, 6.07) is 10.8. The second-order valence-electron chi connectivity index (χ2n) is 4.21. The molecule has 1 heterocycles. The molecule has 0 saturated carbocycles. The van der Waals surface area contributed by atoms with Crippen LogP contribution >= 0.6 is 0 Å². The van der Waals surface area contributed by atoms with E-state index in [1.54, 1.807) is 25.3 Å². The van der Waals surface area contributed by atoms with Crippen molar-refractivity contribution in [3.05, 3.63) is 36.4 Å². The minimum absolute atomic E-state index is 0.471. The maximum atomic E-state index is 5.77. The van der Waals surface area contributed by atoms with Crippen LogP contribution < -0.4 is 16.2 Å². The van der Waals surface area contributed by atoms with Crippen LogP contribution in [0.15, 0.2) is 40.8 Å². The van der Waals surface area contributed by atoms with Crippen LogP contribution in [0.1, 0.15) is 0 Å². The number of nitrogens with zero attached hydrogens (tertiary/aromatic N) is 1. The van der Waals surface area contributed by atoms with E-state index in [1.807, 2.05) is 18.2 Å². The zero-order chi connectivity index (χ0) is 13.4. The Kier molecular flexibility index (Phi) is 2.52. The van der Waals surface area contributed by atoms with Crippen LogP contribution in [0, 0.1) is 0 Å². The molecule has 0 aliphatic carbocycles. The molecular formula is C14H13N3O2. The van der Waals surface area contributed by atoms with E-state index in [1.165, 1.54) is 0 Å². The van der Waals surface area contributed by atoms with Gasteiger partial charge in [-0.05, 0) is 30.3 Å². The molecule has 96 valence electrons. The van der Waals surface area contributed by atoms with E-state index < -0.39 is 0 Å². The summed E-state index contributed by atoms with van der Waals surface area (Å²) in [6.07, 6.45) is 0. The highest BCUT2D eigenvalue weighted by atomic mass is 16.5. The Morgan fingerprint density at radius 2 is 1.84 bits per heavy atom. The van der Waals surface area contributed by atoms with Crippen molar-refractivity contribution in [2.45, 2.75) is 0 Å². The Hall–Kier alpha value is -2.69. The molecule has 19 heavy (non-hydrogen) atoms. The number of aromatic nitrogens is 1. The smallest absolute Gasteiger partial charge is 0.227 e. The highest BCUT2D eigenvalue weighted by Gasteiger charge is 2.12. The van der Waals surface area contributed by atoms with Gasteiger partial charge in [0, 0.05) is 16.9 Å². The Morgan fingerprint density at radius 3 is 2.53 bits per heavy atom. The fourth-order valence-electron chi connectivity index (χ4n) is 2.01. The molecule has 0 aliphatic rings. The Bertz CT molecular complexity index is 729. The van der Waals surface area contributed by atoms with Gasteiger partial charge in [0.1, 0.15) is 5.75 Å². The first-order chi connectivity index (χ1) is 9.17. The topological polar surface area (TPSA) is 87.3 Å². The molecule has 5 heteroatoms. The number of hydrogen-bond donors (Lipinski definition) is 2. The van der Waals surface area contributed by atoms with E-state index in [0.29, 0.717) is 34.1 Å². The summed E-state index contributed by atoms with van der Waals surface area (Å²) in [5.74, 6) is 1.14. The molecule has 0 radical (unpaired) electrons. The van der Waals surface area contributed by atoms with E-state index in [-0.39, 0.29) is 0 Å². The zero-order valence-electron chi connectivity index (χ0n) is 10.4. The van der Waals surface area contributed by atoms with Crippen LogP contribution in [0.3, 0.4) is 0 Å². The predicted octanol–water partition coefficient (Wildman–Crippen LogP) is 2.67. The Balaban J connectivity index is 2.20. The first kappa shape index (κ1) is 11.4. The van der Waals surface area contributed by atoms with E-state index >= 15 is 0 Å². The molecule has 0 amide bonds. The fourth-order valence-corrected chi connectivity index (χ4v) is 2.01. The summed E-state index contributed by atoms with van der Waals surface area (Å²) in [5, 5.41) is 0. The maximum absolute atomic E-state index is 5.77. The largest absolute Gasteiger partial charge is 0.494 e. The third-order valence-electron chi connectivity index (χ3n) is 2.83. The molecule has 4 N–H and O–H groups in total. The number of para-hydroxylation sites is 1. The number of oxazole rings is 1.